The van der Waals surface area contributed by atoms with E-state index < -0.39 is 5.97 Å². The lowest BCUT2D eigenvalue weighted by Crippen LogP contribution is -2.15. The monoisotopic (exact) mass is 300 g/mol. The SMILES string of the molecule is COC(=O)c1ccc(NC(=O)Cc2ccc(OC)cc2)nc1. The van der Waals surface area contributed by atoms with Gasteiger partial charge in [-0.1, -0.05) is 12.1 Å². The van der Waals surface area contributed by atoms with Crippen molar-refractivity contribution < 1.29 is 19.1 Å². The summed E-state index contributed by atoms with van der Waals surface area (Å²) in [6.45, 7) is 0. The number of hydrogen-bond donors (Lipinski definition) is 1. The molecule has 0 fully saturated rings. The van der Waals surface area contributed by atoms with Crippen LogP contribution in [0, 0.1) is 0 Å². The highest BCUT2D eigenvalue weighted by Crippen LogP contribution is 2.12. The number of carbonyl (C=O) groups is 2. The summed E-state index contributed by atoms with van der Waals surface area (Å²) < 4.78 is 9.64. The molecular weight excluding hydrogens is 284 g/mol. The van der Waals surface area contributed by atoms with Crippen molar-refractivity contribution in [1.29, 1.82) is 0 Å². The van der Waals surface area contributed by atoms with Gasteiger partial charge in [-0.15, -0.1) is 0 Å². The van der Waals surface area contributed by atoms with Crippen LogP contribution in [0.15, 0.2) is 42.6 Å². The average molecular weight is 300 g/mol. The molecule has 0 aliphatic heterocycles. The van der Waals surface area contributed by atoms with Crippen LogP contribution in [-0.2, 0) is 16.0 Å². The zero-order valence-electron chi connectivity index (χ0n) is 12.3. The highest BCUT2D eigenvalue weighted by atomic mass is 16.5. The molecule has 2 rings (SSSR count). The van der Waals surface area contributed by atoms with E-state index in [-0.39, 0.29) is 12.3 Å². The molecule has 1 N–H and O–H groups in total. The number of benzene rings is 1. The van der Waals surface area contributed by atoms with Gasteiger partial charge < -0.3 is 14.8 Å². The van der Waals surface area contributed by atoms with Crippen molar-refractivity contribution in [3.05, 3.63) is 53.7 Å². The van der Waals surface area contributed by atoms with E-state index in [2.05, 4.69) is 15.0 Å². The number of hydrogen-bond acceptors (Lipinski definition) is 5. The maximum absolute atomic E-state index is 11.9. The Balaban J connectivity index is 1.94. The molecule has 0 radical (unpaired) electrons. The fourth-order valence-corrected chi connectivity index (χ4v) is 1.82. The van der Waals surface area contributed by atoms with Crippen LogP contribution in [0.4, 0.5) is 5.82 Å². The Morgan fingerprint density at radius 3 is 2.36 bits per heavy atom. The number of nitrogens with one attached hydrogen (secondary N) is 1. The Kier molecular flexibility index (Phi) is 5.08. The van der Waals surface area contributed by atoms with Gasteiger partial charge in [-0.05, 0) is 29.8 Å². The molecule has 0 saturated heterocycles. The molecule has 1 aromatic heterocycles. The molecule has 0 bridgehead atoms. The van der Waals surface area contributed by atoms with Crippen LogP contribution in [0.25, 0.3) is 0 Å². The first-order chi connectivity index (χ1) is 10.6. The number of pyridine rings is 1. The molecule has 0 unspecified atom stereocenters. The van der Waals surface area contributed by atoms with E-state index in [9.17, 15) is 9.59 Å². The van der Waals surface area contributed by atoms with Crippen molar-refractivity contribution in [3.8, 4) is 5.75 Å². The molecule has 0 aliphatic rings. The van der Waals surface area contributed by atoms with E-state index in [0.29, 0.717) is 11.4 Å². The topological polar surface area (TPSA) is 77.5 Å². The number of rotatable bonds is 5. The standard InChI is InChI=1S/C16H16N2O4/c1-21-13-6-3-11(4-7-13)9-15(19)18-14-8-5-12(10-17-14)16(20)22-2/h3-8,10H,9H2,1-2H3,(H,17,18,19). The first-order valence-corrected chi connectivity index (χ1v) is 6.59. The lowest BCUT2D eigenvalue weighted by molar-refractivity contribution is -0.115. The molecule has 1 heterocycles. The fourth-order valence-electron chi connectivity index (χ4n) is 1.82. The van der Waals surface area contributed by atoms with Crippen LogP contribution in [0.2, 0.25) is 0 Å². The van der Waals surface area contributed by atoms with Gasteiger partial charge in [0.1, 0.15) is 11.6 Å². The van der Waals surface area contributed by atoms with Crippen LogP contribution in [0.3, 0.4) is 0 Å². The Labute approximate surface area is 128 Å². The van der Waals surface area contributed by atoms with Gasteiger partial charge >= 0.3 is 5.97 Å². The largest absolute Gasteiger partial charge is 0.497 e. The first-order valence-electron chi connectivity index (χ1n) is 6.59. The number of carbonyl (C=O) groups excluding carboxylic acids is 2. The van der Waals surface area contributed by atoms with Gasteiger partial charge in [0.15, 0.2) is 0 Å². The normalized spacial score (nSPS) is 9.91. The molecule has 22 heavy (non-hydrogen) atoms. The van der Waals surface area contributed by atoms with Gasteiger partial charge in [0.2, 0.25) is 5.91 Å². The Bertz CT molecular complexity index is 651. The fraction of sp³-hybridized carbons (Fsp3) is 0.188. The first kappa shape index (κ1) is 15.5. The maximum Gasteiger partial charge on any atom is 0.339 e. The van der Waals surface area contributed by atoms with Crippen LogP contribution >= 0.6 is 0 Å². The van der Waals surface area contributed by atoms with Crippen LogP contribution in [0.5, 0.6) is 5.75 Å². The van der Waals surface area contributed by atoms with E-state index in [1.165, 1.54) is 13.3 Å². The van der Waals surface area contributed by atoms with Gasteiger partial charge in [0.25, 0.3) is 0 Å². The lowest BCUT2D eigenvalue weighted by atomic mass is 10.1. The number of ether oxygens (including phenoxy) is 2. The highest BCUT2D eigenvalue weighted by Gasteiger charge is 2.08. The summed E-state index contributed by atoms with van der Waals surface area (Å²) in [6, 6.07) is 10.3. The summed E-state index contributed by atoms with van der Waals surface area (Å²) in [5.74, 6) is 0.461. The average Bonchev–Trinajstić information content (AvgIpc) is 2.55. The van der Waals surface area contributed by atoms with Gasteiger partial charge in [0, 0.05) is 6.20 Å². The number of nitrogens with zero attached hydrogens (tertiary/aromatic N) is 1. The summed E-state index contributed by atoms with van der Waals surface area (Å²) in [7, 11) is 2.89. The van der Waals surface area contributed by atoms with Crippen molar-refractivity contribution >= 4 is 17.7 Å². The Hall–Kier alpha value is -2.89. The van der Waals surface area contributed by atoms with Gasteiger partial charge in [0.05, 0.1) is 26.2 Å². The van der Waals surface area contributed by atoms with E-state index in [1.54, 1.807) is 31.4 Å². The highest BCUT2D eigenvalue weighted by molar-refractivity contribution is 5.92. The molecule has 1 aromatic carbocycles. The summed E-state index contributed by atoms with van der Waals surface area (Å²) in [6.07, 6.45) is 1.58. The summed E-state index contributed by atoms with van der Waals surface area (Å²) in [5, 5.41) is 2.67. The third-order valence-corrected chi connectivity index (χ3v) is 2.98. The maximum atomic E-state index is 11.9. The third kappa shape index (κ3) is 4.05. The van der Waals surface area contributed by atoms with Gasteiger partial charge in [-0.25, -0.2) is 9.78 Å². The summed E-state index contributed by atoms with van der Waals surface area (Å²) in [5.41, 5.74) is 1.19. The molecule has 6 heteroatoms. The van der Waals surface area contributed by atoms with Crippen molar-refractivity contribution in [3.63, 3.8) is 0 Å². The second-order valence-electron chi connectivity index (χ2n) is 4.50. The zero-order valence-corrected chi connectivity index (χ0v) is 12.3. The molecule has 0 spiro atoms. The van der Waals surface area contributed by atoms with E-state index in [1.807, 2.05) is 12.1 Å². The van der Waals surface area contributed by atoms with Crippen LogP contribution in [0.1, 0.15) is 15.9 Å². The zero-order chi connectivity index (χ0) is 15.9. The molecule has 0 atom stereocenters. The molecule has 114 valence electrons. The Morgan fingerprint density at radius 2 is 1.82 bits per heavy atom. The second kappa shape index (κ2) is 7.21. The molecule has 2 aromatic rings. The number of amides is 1. The van der Waals surface area contributed by atoms with E-state index >= 15 is 0 Å². The minimum atomic E-state index is -0.469. The number of anilines is 1. The quantitative estimate of drug-likeness (QED) is 0.855. The molecule has 0 saturated carbocycles. The minimum Gasteiger partial charge on any atom is -0.497 e. The second-order valence-corrected chi connectivity index (χ2v) is 4.50. The third-order valence-electron chi connectivity index (χ3n) is 2.98. The summed E-state index contributed by atoms with van der Waals surface area (Å²) >= 11 is 0. The van der Waals surface area contributed by atoms with Gasteiger partial charge in [-0.2, -0.15) is 0 Å². The minimum absolute atomic E-state index is 0.191. The number of esters is 1. The number of methoxy groups -OCH3 is 2. The van der Waals surface area contributed by atoms with Crippen molar-refractivity contribution in [2.24, 2.45) is 0 Å². The van der Waals surface area contributed by atoms with E-state index in [4.69, 9.17) is 4.74 Å². The predicted molar refractivity (Wildman–Crippen MR) is 80.9 cm³/mol. The summed E-state index contributed by atoms with van der Waals surface area (Å²) in [4.78, 5) is 27.2. The van der Waals surface area contributed by atoms with Gasteiger partial charge in [-0.3, -0.25) is 4.79 Å². The molecule has 0 aliphatic carbocycles. The predicted octanol–water partition coefficient (Wildman–Crippen LogP) is 2.06. The van der Waals surface area contributed by atoms with Crippen LogP contribution < -0.4 is 10.1 Å². The number of aromatic nitrogens is 1. The van der Waals surface area contributed by atoms with Crippen molar-refractivity contribution in [2.75, 3.05) is 19.5 Å². The Morgan fingerprint density at radius 1 is 1.09 bits per heavy atom. The smallest absolute Gasteiger partial charge is 0.339 e. The van der Waals surface area contributed by atoms with E-state index in [0.717, 1.165) is 11.3 Å². The van der Waals surface area contributed by atoms with Crippen molar-refractivity contribution in [2.45, 2.75) is 6.42 Å². The molecular formula is C16H16N2O4. The molecule has 1 amide bonds. The van der Waals surface area contributed by atoms with Crippen molar-refractivity contribution in [1.82, 2.24) is 4.98 Å². The lowest BCUT2D eigenvalue weighted by Gasteiger charge is -2.06. The van der Waals surface area contributed by atoms with Crippen LogP contribution in [-0.4, -0.2) is 31.1 Å². The molecule has 6 nitrogen and oxygen atoms in total.